The Hall–Kier alpha value is -2.18. The lowest BCUT2D eigenvalue weighted by Gasteiger charge is -2.12. The van der Waals surface area contributed by atoms with E-state index in [2.05, 4.69) is 32.4 Å². The van der Waals surface area contributed by atoms with Gasteiger partial charge in [-0.25, -0.2) is 4.98 Å². The van der Waals surface area contributed by atoms with Crippen LogP contribution in [-0.4, -0.2) is 26.1 Å². The van der Waals surface area contributed by atoms with Crippen molar-refractivity contribution in [2.45, 2.75) is 25.6 Å². The van der Waals surface area contributed by atoms with Crippen molar-refractivity contribution >= 4 is 28.6 Å². The third kappa shape index (κ3) is 2.87. The van der Waals surface area contributed by atoms with Gasteiger partial charge in [0, 0.05) is 13.2 Å². The molecule has 3 aromatic rings. The van der Waals surface area contributed by atoms with Crippen molar-refractivity contribution in [1.82, 2.24) is 19.5 Å². The van der Waals surface area contributed by atoms with Crippen LogP contribution in [0.2, 0.25) is 5.28 Å². The molecule has 3 heterocycles. The molecule has 0 saturated carbocycles. The SMILES string of the molecule is Clc1nc(NCc2ccccc2)c2ncn(C3CCCO3)c2n1. The maximum atomic E-state index is 6.10. The number of nitrogens with one attached hydrogen (secondary N) is 1. The van der Waals surface area contributed by atoms with Crippen LogP contribution in [0.15, 0.2) is 36.7 Å². The summed E-state index contributed by atoms with van der Waals surface area (Å²) in [6, 6.07) is 10.1. The zero-order valence-corrected chi connectivity index (χ0v) is 13.2. The molecule has 1 aromatic carbocycles. The number of benzene rings is 1. The average Bonchev–Trinajstić information content (AvgIpc) is 3.22. The summed E-state index contributed by atoms with van der Waals surface area (Å²) in [5.74, 6) is 0.639. The second-order valence-corrected chi connectivity index (χ2v) is 5.81. The molecular formula is C16H16ClN5O. The van der Waals surface area contributed by atoms with E-state index < -0.39 is 0 Å². The smallest absolute Gasteiger partial charge is 0.226 e. The van der Waals surface area contributed by atoms with E-state index in [1.807, 2.05) is 22.8 Å². The van der Waals surface area contributed by atoms with Crippen LogP contribution in [0.1, 0.15) is 24.6 Å². The molecule has 0 amide bonds. The van der Waals surface area contributed by atoms with Crippen molar-refractivity contribution in [2.24, 2.45) is 0 Å². The van der Waals surface area contributed by atoms with Gasteiger partial charge in [0.15, 0.2) is 17.0 Å². The Bertz CT molecular complexity index is 814. The van der Waals surface area contributed by atoms with E-state index in [4.69, 9.17) is 16.3 Å². The van der Waals surface area contributed by atoms with E-state index in [-0.39, 0.29) is 11.5 Å². The Labute approximate surface area is 138 Å². The largest absolute Gasteiger partial charge is 0.364 e. The molecule has 7 heteroatoms. The van der Waals surface area contributed by atoms with Crippen molar-refractivity contribution in [3.8, 4) is 0 Å². The van der Waals surface area contributed by atoms with Crippen LogP contribution in [-0.2, 0) is 11.3 Å². The fourth-order valence-corrected chi connectivity index (χ4v) is 2.95. The van der Waals surface area contributed by atoms with Gasteiger partial charge >= 0.3 is 0 Å². The van der Waals surface area contributed by atoms with Crippen molar-refractivity contribution < 1.29 is 4.74 Å². The van der Waals surface area contributed by atoms with E-state index in [1.165, 1.54) is 0 Å². The fraction of sp³-hybridized carbons (Fsp3) is 0.312. The van der Waals surface area contributed by atoms with Crippen molar-refractivity contribution in [2.75, 3.05) is 11.9 Å². The number of rotatable bonds is 4. The molecule has 1 atom stereocenters. The van der Waals surface area contributed by atoms with E-state index in [1.54, 1.807) is 6.33 Å². The highest BCUT2D eigenvalue weighted by Gasteiger charge is 2.22. The molecule has 0 radical (unpaired) electrons. The molecule has 2 aromatic heterocycles. The molecule has 6 nitrogen and oxygen atoms in total. The molecule has 0 aliphatic carbocycles. The Morgan fingerprint density at radius 1 is 1.26 bits per heavy atom. The number of imidazole rings is 1. The Morgan fingerprint density at radius 3 is 2.91 bits per heavy atom. The first-order valence-electron chi connectivity index (χ1n) is 7.61. The maximum Gasteiger partial charge on any atom is 0.226 e. The number of hydrogen-bond donors (Lipinski definition) is 1. The van der Waals surface area contributed by atoms with Gasteiger partial charge in [0.25, 0.3) is 0 Å². The van der Waals surface area contributed by atoms with E-state index in [0.717, 1.165) is 25.0 Å². The summed E-state index contributed by atoms with van der Waals surface area (Å²) in [4.78, 5) is 13.1. The fourth-order valence-electron chi connectivity index (χ4n) is 2.79. The normalized spacial score (nSPS) is 17.7. The van der Waals surface area contributed by atoms with Crippen LogP contribution in [0, 0.1) is 0 Å². The number of halogens is 1. The molecule has 1 N–H and O–H groups in total. The topological polar surface area (TPSA) is 64.9 Å². The lowest BCUT2D eigenvalue weighted by atomic mass is 10.2. The molecule has 1 fully saturated rings. The van der Waals surface area contributed by atoms with E-state index in [9.17, 15) is 0 Å². The second-order valence-electron chi connectivity index (χ2n) is 5.47. The highest BCUT2D eigenvalue weighted by atomic mass is 35.5. The third-order valence-corrected chi connectivity index (χ3v) is 4.08. The number of ether oxygens (including phenoxy) is 1. The van der Waals surface area contributed by atoms with Gasteiger partial charge in [-0.05, 0) is 30.0 Å². The number of fused-ring (bicyclic) bond motifs is 1. The van der Waals surface area contributed by atoms with Crippen molar-refractivity contribution in [1.29, 1.82) is 0 Å². The average molecular weight is 330 g/mol. The van der Waals surface area contributed by atoms with Crippen LogP contribution >= 0.6 is 11.6 Å². The van der Waals surface area contributed by atoms with Gasteiger partial charge in [-0.2, -0.15) is 9.97 Å². The van der Waals surface area contributed by atoms with Crippen LogP contribution < -0.4 is 5.32 Å². The van der Waals surface area contributed by atoms with Gasteiger partial charge in [0.05, 0.1) is 6.33 Å². The Morgan fingerprint density at radius 2 is 2.13 bits per heavy atom. The van der Waals surface area contributed by atoms with Crippen LogP contribution in [0.3, 0.4) is 0 Å². The molecular weight excluding hydrogens is 314 g/mol. The van der Waals surface area contributed by atoms with E-state index in [0.29, 0.717) is 23.5 Å². The lowest BCUT2D eigenvalue weighted by molar-refractivity contribution is 0.0593. The monoisotopic (exact) mass is 329 g/mol. The van der Waals surface area contributed by atoms with Gasteiger partial charge in [-0.3, -0.25) is 4.57 Å². The summed E-state index contributed by atoms with van der Waals surface area (Å²) in [5, 5.41) is 3.50. The summed E-state index contributed by atoms with van der Waals surface area (Å²) in [6.45, 7) is 1.42. The highest BCUT2D eigenvalue weighted by Crippen LogP contribution is 2.29. The highest BCUT2D eigenvalue weighted by molar-refractivity contribution is 6.28. The number of hydrogen-bond acceptors (Lipinski definition) is 5. The van der Waals surface area contributed by atoms with Gasteiger partial charge < -0.3 is 10.1 Å². The van der Waals surface area contributed by atoms with Crippen molar-refractivity contribution in [3.05, 3.63) is 47.5 Å². The predicted octanol–water partition coefficient (Wildman–Crippen LogP) is 3.40. The standard InChI is InChI=1S/C16H16ClN5O/c17-16-20-14(18-9-11-5-2-1-3-6-11)13-15(21-16)22(10-19-13)12-7-4-8-23-12/h1-3,5-6,10,12H,4,7-9H2,(H,18,20,21). The minimum atomic E-state index is -0.0204. The summed E-state index contributed by atoms with van der Waals surface area (Å²) < 4.78 is 7.65. The van der Waals surface area contributed by atoms with E-state index >= 15 is 0 Å². The molecule has 1 aliphatic rings. The van der Waals surface area contributed by atoms with Gasteiger partial charge in [-0.15, -0.1) is 0 Å². The van der Waals surface area contributed by atoms with Gasteiger partial charge in [0.2, 0.25) is 5.28 Å². The van der Waals surface area contributed by atoms with Crippen molar-refractivity contribution in [3.63, 3.8) is 0 Å². The summed E-state index contributed by atoms with van der Waals surface area (Å²) in [5.41, 5.74) is 2.57. The molecule has 0 bridgehead atoms. The predicted molar refractivity (Wildman–Crippen MR) is 88.3 cm³/mol. The molecule has 23 heavy (non-hydrogen) atoms. The minimum Gasteiger partial charge on any atom is -0.364 e. The zero-order chi connectivity index (χ0) is 15.6. The third-order valence-electron chi connectivity index (χ3n) is 3.91. The zero-order valence-electron chi connectivity index (χ0n) is 12.4. The first-order valence-corrected chi connectivity index (χ1v) is 7.98. The lowest BCUT2D eigenvalue weighted by Crippen LogP contribution is -2.08. The minimum absolute atomic E-state index is 0.0204. The molecule has 1 saturated heterocycles. The number of anilines is 1. The Kier molecular flexibility index (Phi) is 3.85. The first kappa shape index (κ1) is 14.4. The van der Waals surface area contributed by atoms with Crippen LogP contribution in [0.5, 0.6) is 0 Å². The summed E-state index contributed by atoms with van der Waals surface area (Å²) in [6.07, 6.45) is 3.73. The molecule has 0 spiro atoms. The van der Waals surface area contributed by atoms with Crippen LogP contribution in [0.25, 0.3) is 11.2 Å². The molecule has 1 unspecified atom stereocenters. The first-order chi connectivity index (χ1) is 11.3. The maximum absolute atomic E-state index is 6.10. The summed E-state index contributed by atoms with van der Waals surface area (Å²) >= 11 is 6.10. The molecule has 4 rings (SSSR count). The second kappa shape index (κ2) is 6.14. The Balaban J connectivity index is 1.66. The van der Waals surface area contributed by atoms with Crippen LogP contribution in [0.4, 0.5) is 5.82 Å². The summed E-state index contributed by atoms with van der Waals surface area (Å²) in [7, 11) is 0. The molecule has 1 aliphatic heterocycles. The quantitative estimate of drug-likeness (QED) is 0.743. The van der Waals surface area contributed by atoms with Gasteiger partial charge in [0.1, 0.15) is 6.23 Å². The molecule has 118 valence electrons. The number of aromatic nitrogens is 4. The van der Waals surface area contributed by atoms with Gasteiger partial charge in [-0.1, -0.05) is 30.3 Å². The number of nitrogens with zero attached hydrogens (tertiary/aromatic N) is 4.